The molecule has 0 N–H and O–H groups in total. The molecule has 0 aliphatic rings. The van der Waals surface area contributed by atoms with Gasteiger partial charge in [0.1, 0.15) is 5.75 Å². The molecule has 0 atom stereocenters. The molecule has 5 heteroatoms. The molecule has 1 aromatic rings. The zero-order valence-corrected chi connectivity index (χ0v) is 11.8. The quantitative estimate of drug-likeness (QED) is 0.439. The second-order valence-electron chi connectivity index (χ2n) is 3.76. The van der Waals surface area contributed by atoms with E-state index in [0.717, 1.165) is 0 Å². The van der Waals surface area contributed by atoms with Crippen molar-refractivity contribution in [1.29, 1.82) is 0 Å². The Morgan fingerprint density at radius 2 is 1.79 bits per heavy atom. The lowest BCUT2D eigenvalue weighted by Gasteiger charge is -2.09. The number of ketones is 1. The van der Waals surface area contributed by atoms with Crippen molar-refractivity contribution in [3.05, 3.63) is 29.3 Å². The number of halogens is 1. The summed E-state index contributed by atoms with van der Waals surface area (Å²) in [6.07, 6.45) is 0.222. The first-order valence-corrected chi connectivity index (χ1v) is 6.70. The van der Waals surface area contributed by atoms with Crippen LogP contribution in [0.1, 0.15) is 41.0 Å². The summed E-state index contributed by atoms with van der Waals surface area (Å²) in [7, 11) is 0. The normalized spacial score (nSPS) is 10.1. The summed E-state index contributed by atoms with van der Waals surface area (Å²) in [5.41, 5.74) is 0.723. The van der Waals surface area contributed by atoms with E-state index in [1.807, 2.05) is 6.92 Å². The number of esters is 1. The van der Waals surface area contributed by atoms with Gasteiger partial charge in [0.05, 0.1) is 18.8 Å². The fourth-order valence-electron chi connectivity index (χ4n) is 1.57. The third kappa shape index (κ3) is 4.56. The van der Waals surface area contributed by atoms with Crippen LogP contribution in [0.4, 0.5) is 0 Å². The number of hydrogen-bond donors (Lipinski definition) is 0. The highest BCUT2D eigenvalue weighted by Crippen LogP contribution is 2.19. The lowest BCUT2D eigenvalue weighted by atomic mass is 10.0. The Bertz CT molecular complexity index is 421. The molecule has 0 spiro atoms. The van der Waals surface area contributed by atoms with Crippen LogP contribution >= 0.6 is 11.6 Å². The Morgan fingerprint density at radius 1 is 1.11 bits per heavy atom. The molecule has 0 aliphatic heterocycles. The van der Waals surface area contributed by atoms with Crippen LogP contribution in [-0.4, -0.2) is 30.8 Å². The molecule has 1 aromatic carbocycles. The highest BCUT2D eigenvalue weighted by atomic mass is 35.5. The molecule has 0 aromatic heterocycles. The minimum Gasteiger partial charge on any atom is -0.494 e. The van der Waals surface area contributed by atoms with Crippen LogP contribution in [0.5, 0.6) is 5.75 Å². The lowest BCUT2D eigenvalue weighted by Crippen LogP contribution is -2.08. The van der Waals surface area contributed by atoms with Crippen LogP contribution in [0.15, 0.2) is 18.2 Å². The van der Waals surface area contributed by atoms with Crippen molar-refractivity contribution in [3.8, 4) is 5.75 Å². The summed E-state index contributed by atoms with van der Waals surface area (Å²) in [6, 6.07) is 4.69. The van der Waals surface area contributed by atoms with Gasteiger partial charge in [0, 0.05) is 17.9 Å². The largest absolute Gasteiger partial charge is 0.494 e. The van der Waals surface area contributed by atoms with Crippen molar-refractivity contribution in [2.75, 3.05) is 19.1 Å². The van der Waals surface area contributed by atoms with Gasteiger partial charge in [-0.05, 0) is 32.0 Å². The molecule has 19 heavy (non-hydrogen) atoms. The Labute approximate surface area is 117 Å². The van der Waals surface area contributed by atoms with Gasteiger partial charge in [0.25, 0.3) is 0 Å². The van der Waals surface area contributed by atoms with Crippen molar-refractivity contribution < 1.29 is 19.1 Å². The Hall–Kier alpha value is -1.55. The van der Waals surface area contributed by atoms with Gasteiger partial charge in [-0.2, -0.15) is 0 Å². The fourth-order valence-corrected chi connectivity index (χ4v) is 1.74. The molecule has 0 amide bonds. The number of hydrogen-bond acceptors (Lipinski definition) is 4. The van der Waals surface area contributed by atoms with Crippen LogP contribution in [0.3, 0.4) is 0 Å². The van der Waals surface area contributed by atoms with Crippen LogP contribution in [0, 0.1) is 0 Å². The number of alkyl halides is 1. The minimum atomic E-state index is -0.469. The summed E-state index contributed by atoms with van der Waals surface area (Å²) in [6.45, 7) is 4.29. The molecule has 0 unspecified atom stereocenters. The first kappa shape index (κ1) is 15.5. The minimum absolute atomic E-state index is 0.123. The van der Waals surface area contributed by atoms with E-state index < -0.39 is 5.97 Å². The van der Waals surface area contributed by atoms with Gasteiger partial charge in [-0.1, -0.05) is 0 Å². The van der Waals surface area contributed by atoms with Crippen molar-refractivity contribution in [1.82, 2.24) is 0 Å². The molecule has 0 fully saturated rings. The number of benzene rings is 1. The maximum atomic E-state index is 11.8. The van der Waals surface area contributed by atoms with Gasteiger partial charge in [0.2, 0.25) is 0 Å². The fraction of sp³-hybridized carbons (Fsp3) is 0.429. The molecule has 0 aliphatic carbocycles. The average Bonchev–Trinajstić information content (AvgIpc) is 2.39. The molecular formula is C14H17ClO4. The summed E-state index contributed by atoms with van der Waals surface area (Å²) in [5, 5.41) is 0. The topological polar surface area (TPSA) is 52.6 Å². The molecule has 4 nitrogen and oxygen atoms in total. The summed E-state index contributed by atoms with van der Waals surface area (Å²) in [4.78, 5) is 23.6. The second kappa shape index (κ2) is 7.79. The molecule has 0 bridgehead atoms. The van der Waals surface area contributed by atoms with E-state index >= 15 is 0 Å². The first-order valence-electron chi connectivity index (χ1n) is 6.16. The van der Waals surface area contributed by atoms with E-state index in [1.54, 1.807) is 19.1 Å². The van der Waals surface area contributed by atoms with Gasteiger partial charge >= 0.3 is 5.97 Å². The zero-order valence-electron chi connectivity index (χ0n) is 11.1. The van der Waals surface area contributed by atoms with E-state index in [0.29, 0.717) is 23.5 Å². The van der Waals surface area contributed by atoms with Crippen LogP contribution in [0.2, 0.25) is 0 Å². The van der Waals surface area contributed by atoms with Crippen molar-refractivity contribution in [2.45, 2.75) is 20.3 Å². The van der Waals surface area contributed by atoms with E-state index in [1.165, 1.54) is 6.07 Å². The lowest BCUT2D eigenvalue weighted by molar-refractivity contribution is 0.0526. The SMILES string of the molecule is CCOC(=O)c1cc(OCC)cc(C(=O)CCCl)c1. The standard InChI is InChI=1S/C14H17ClO4/c1-3-18-12-8-10(13(16)5-6-15)7-11(9-12)14(17)19-4-2/h7-9H,3-6H2,1-2H3. The van der Waals surface area contributed by atoms with Gasteiger partial charge in [-0.25, -0.2) is 4.79 Å². The van der Waals surface area contributed by atoms with Crippen molar-refractivity contribution in [3.63, 3.8) is 0 Å². The Balaban J connectivity index is 3.09. The highest BCUT2D eigenvalue weighted by Gasteiger charge is 2.14. The maximum Gasteiger partial charge on any atom is 0.338 e. The number of rotatable bonds is 7. The number of carbonyl (C=O) groups is 2. The molecule has 0 saturated heterocycles. The Kier molecular flexibility index (Phi) is 6.36. The molecular weight excluding hydrogens is 268 g/mol. The maximum absolute atomic E-state index is 11.8. The van der Waals surface area contributed by atoms with Gasteiger partial charge in [-0.15, -0.1) is 11.6 Å². The van der Waals surface area contributed by atoms with Crippen LogP contribution < -0.4 is 4.74 Å². The first-order chi connectivity index (χ1) is 9.12. The van der Waals surface area contributed by atoms with E-state index in [2.05, 4.69) is 0 Å². The molecule has 104 valence electrons. The van der Waals surface area contributed by atoms with Crippen LogP contribution in [0.25, 0.3) is 0 Å². The van der Waals surface area contributed by atoms with Crippen molar-refractivity contribution >= 4 is 23.4 Å². The molecule has 0 radical (unpaired) electrons. The predicted octanol–water partition coefficient (Wildman–Crippen LogP) is 3.07. The zero-order chi connectivity index (χ0) is 14.3. The van der Waals surface area contributed by atoms with E-state index in [-0.39, 0.29) is 24.7 Å². The molecule has 0 saturated carbocycles. The third-order valence-corrected chi connectivity index (χ3v) is 2.56. The summed E-state index contributed by atoms with van der Waals surface area (Å²) >= 11 is 5.56. The van der Waals surface area contributed by atoms with Gasteiger partial charge in [-0.3, -0.25) is 4.79 Å². The third-order valence-electron chi connectivity index (χ3n) is 2.37. The van der Waals surface area contributed by atoms with Gasteiger partial charge < -0.3 is 9.47 Å². The molecule has 1 rings (SSSR count). The predicted molar refractivity (Wildman–Crippen MR) is 73.2 cm³/mol. The van der Waals surface area contributed by atoms with Crippen LogP contribution in [-0.2, 0) is 4.74 Å². The number of ether oxygens (including phenoxy) is 2. The molecule has 0 heterocycles. The smallest absolute Gasteiger partial charge is 0.338 e. The summed E-state index contributed by atoms with van der Waals surface area (Å²) in [5.74, 6) is 0.129. The number of Topliss-reactive ketones (excluding diaryl/α,β-unsaturated/α-hetero) is 1. The van der Waals surface area contributed by atoms with E-state index in [4.69, 9.17) is 21.1 Å². The highest BCUT2D eigenvalue weighted by molar-refractivity contribution is 6.19. The average molecular weight is 285 g/mol. The van der Waals surface area contributed by atoms with Gasteiger partial charge in [0.15, 0.2) is 5.78 Å². The number of carbonyl (C=O) groups excluding carboxylic acids is 2. The summed E-state index contributed by atoms with van der Waals surface area (Å²) < 4.78 is 10.3. The van der Waals surface area contributed by atoms with Crippen molar-refractivity contribution in [2.24, 2.45) is 0 Å². The van der Waals surface area contributed by atoms with E-state index in [9.17, 15) is 9.59 Å². The second-order valence-corrected chi connectivity index (χ2v) is 4.14. The monoisotopic (exact) mass is 284 g/mol. The Morgan fingerprint density at radius 3 is 2.37 bits per heavy atom.